The third-order valence-electron chi connectivity index (χ3n) is 6.15. The van der Waals surface area contributed by atoms with Gasteiger partial charge in [-0.05, 0) is 56.7 Å². The average molecular weight is 436 g/mol. The number of nitrogens with zero attached hydrogens (tertiary/aromatic N) is 2. The van der Waals surface area contributed by atoms with Crippen molar-refractivity contribution in [2.75, 3.05) is 32.1 Å². The van der Waals surface area contributed by atoms with E-state index in [1.54, 1.807) is 11.0 Å². The van der Waals surface area contributed by atoms with Crippen molar-refractivity contribution in [1.82, 2.24) is 9.21 Å². The molecule has 1 aromatic carbocycles. The zero-order valence-electron chi connectivity index (χ0n) is 17.3. The minimum atomic E-state index is -3.63. The summed E-state index contributed by atoms with van der Waals surface area (Å²) in [6, 6.07) is 4.01. The van der Waals surface area contributed by atoms with E-state index in [0.717, 1.165) is 38.5 Å². The largest absolute Gasteiger partial charge is 0.495 e. The van der Waals surface area contributed by atoms with E-state index in [2.05, 4.69) is 5.32 Å². The van der Waals surface area contributed by atoms with Crippen molar-refractivity contribution in [2.24, 2.45) is 5.92 Å². The summed E-state index contributed by atoms with van der Waals surface area (Å²) in [6.45, 7) is 1.61. The number of piperidine rings is 1. The fourth-order valence-electron chi connectivity index (χ4n) is 4.28. The first kappa shape index (κ1) is 21.1. The van der Waals surface area contributed by atoms with Gasteiger partial charge in [0.15, 0.2) is 0 Å². The Labute approximate surface area is 177 Å². The molecule has 2 aliphatic heterocycles. The number of sulfonamides is 1. The lowest BCUT2D eigenvalue weighted by molar-refractivity contribution is -0.137. The normalized spacial score (nSPS) is 22.7. The predicted octanol–water partition coefficient (Wildman–Crippen LogP) is 2.21. The Hall–Kier alpha value is -2.13. The molecule has 4 rings (SSSR count). The summed E-state index contributed by atoms with van der Waals surface area (Å²) in [5.74, 6) is 0.207. The number of rotatable bonds is 6. The maximum Gasteiger partial charge on any atom is 0.247 e. The minimum absolute atomic E-state index is 0.0565. The van der Waals surface area contributed by atoms with Crippen LogP contribution in [0.4, 0.5) is 5.69 Å². The highest BCUT2D eigenvalue weighted by Gasteiger charge is 2.41. The van der Waals surface area contributed by atoms with Gasteiger partial charge >= 0.3 is 0 Å². The lowest BCUT2D eigenvalue weighted by Gasteiger charge is -2.26. The molecule has 1 aliphatic carbocycles. The number of benzene rings is 1. The molecule has 0 spiro atoms. The number of anilines is 1. The lowest BCUT2D eigenvalue weighted by Crippen LogP contribution is -2.43. The highest BCUT2D eigenvalue weighted by molar-refractivity contribution is 7.89. The van der Waals surface area contributed by atoms with Crippen molar-refractivity contribution in [1.29, 1.82) is 0 Å². The van der Waals surface area contributed by atoms with Crippen molar-refractivity contribution in [3.05, 3.63) is 18.2 Å². The van der Waals surface area contributed by atoms with Gasteiger partial charge in [-0.15, -0.1) is 0 Å². The van der Waals surface area contributed by atoms with Crippen LogP contribution >= 0.6 is 0 Å². The van der Waals surface area contributed by atoms with E-state index in [1.165, 1.54) is 23.5 Å². The van der Waals surface area contributed by atoms with Gasteiger partial charge < -0.3 is 15.0 Å². The molecular weight excluding hydrogens is 406 g/mol. The molecule has 1 unspecified atom stereocenters. The molecule has 3 aliphatic rings. The Morgan fingerprint density at radius 1 is 1.03 bits per heavy atom. The van der Waals surface area contributed by atoms with Gasteiger partial charge in [-0.25, -0.2) is 8.42 Å². The topological polar surface area (TPSA) is 96.0 Å². The van der Waals surface area contributed by atoms with Gasteiger partial charge in [-0.1, -0.05) is 6.42 Å². The average Bonchev–Trinajstić information content (AvgIpc) is 3.49. The van der Waals surface area contributed by atoms with Gasteiger partial charge in [0.25, 0.3) is 0 Å². The fraction of sp³-hybridized carbons (Fsp3) is 0.619. The van der Waals surface area contributed by atoms with E-state index < -0.39 is 16.1 Å². The minimum Gasteiger partial charge on any atom is -0.495 e. The number of ether oxygens (including phenoxy) is 1. The van der Waals surface area contributed by atoms with Crippen molar-refractivity contribution in [3.8, 4) is 5.75 Å². The number of amides is 2. The molecule has 0 aromatic heterocycles. The predicted molar refractivity (Wildman–Crippen MR) is 112 cm³/mol. The van der Waals surface area contributed by atoms with Gasteiger partial charge in [0.05, 0.1) is 17.7 Å². The molecule has 164 valence electrons. The number of hydrogen-bond donors (Lipinski definition) is 1. The smallest absolute Gasteiger partial charge is 0.247 e. The number of methoxy groups -OCH3 is 1. The summed E-state index contributed by atoms with van der Waals surface area (Å²) >= 11 is 0. The van der Waals surface area contributed by atoms with E-state index in [1.807, 2.05) is 0 Å². The molecule has 1 saturated carbocycles. The molecule has 0 bridgehead atoms. The summed E-state index contributed by atoms with van der Waals surface area (Å²) in [5, 5.41) is 2.82. The van der Waals surface area contributed by atoms with Crippen LogP contribution in [0.25, 0.3) is 0 Å². The molecule has 0 radical (unpaired) electrons. The zero-order valence-corrected chi connectivity index (χ0v) is 18.1. The van der Waals surface area contributed by atoms with Gasteiger partial charge in [-0.2, -0.15) is 4.31 Å². The Kier molecular flexibility index (Phi) is 6.02. The second-order valence-corrected chi connectivity index (χ2v) is 10.2. The van der Waals surface area contributed by atoms with Crippen LogP contribution in [0.3, 0.4) is 0 Å². The number of hydrogen-bond acceptors (Lipinski definition) is 5. The van der Waals surface area contributed by atoms with Crippen LogP contribution in [0.2, 0.25) is 0 Å². The fourth-order valence-corrected chi connectivity index (χ4v) is 5.83. The number of carbonyl (C=O) groups is 2. The molecule has 1 aromatic rings. The standard InChI is InChI=1S/C21H29N3O5S/c1-29-19-10-9-16(30(27,28)23-11-3-2-4-12-23)14-17(19)22-20(25)18-6-5-13-24(18)21(26)15-7-8-15/h9-10,14-15,18H,2-8,11-13H2,1H3,(H,22,25). The van der Waals surface area contributed by atoms with Crippen LogP contribution in [0.1, 0.15) is 44.9 Å². The Balaban J connectivity index is 1.55. The van der Waals surface area contributed by atoms with Crippen LogP contribution in [0.5, 0.6) is 5.75 Å². The molecule has 1 N–H and O–H groups in total. The van der Waals surface area contributed by atoms with Crippen LogP contribution in [0.15, 0.2) is 23.1 Å². The van der Waals surface area contributed by atoms with Crippen molar-refractivity contribution in [2.45, 2.75) is 55.9 Å². The first-order valence-electron chi connectivity index (χ1n) is 10.7. The van der Waals surface area contributed by atoms with E-state index in [4.69, 9.17) is 4.74 Å². The first-order chi connectivity index (χ1) is 14.4. The summed E-state index contributed by atoms with van der Waals surface area (Å²) in [4.78, 5) is 27.3. The van der Waals surface area contributed by atoms with Crippen LogP contribution in [-0.2, 0) is 19.6 Å². The molecular formula is C21H29N3O5S. The summed E-state index contributed by atoms with van der Waals surface area (Å²) in [7, 11) is -2.16. The third-order valence-corrected chi connectivity index (χ3v) is 8.04. The Morgan fingerprint density at radius 2 is 1.77 bits per heavy atom. The van der Waals surface area contributed by atoms with Crippen LogP contribution < -0.4 is 10.1 Å². The van der Waals surface area contributed by atoms with E-state index in [0.29, 0.717) is 37.5 Å². The van der Waals surface area contributed by atoms with E-state index >= 15 is 0 Å². The highest BCUT2D eigenvalue weighted by Crippen LogP contribution is 2.35. The van der Waals surface area contributed by atoms with Crippen molar-refractivity contribution in [3.63, 3.8) is 0 Å². The van der Waals surface area contributed by atoms with E-state index in [9.17, 15) is 18.0 Å². The quantitative estimate of drug-likeness (QED) is 0.739. The Morgan fingerprint density at radius 3 is 2.43 bits per heavy atom. The molecule has 2 amide bonds. The molecule has 30 heavy (non-hydrogen) atoms. The van der Waals surface area contributed by atoms with Crippen molar-refractivity contribution >= 4 is 27.5 Å². The first-order valence-corrected chi connectivity index (χ1v) is 12.2. The summed E-state index contributed by atoms with van der Waals surface area (Å²) < 4.78 is 32.9. The monoisotopic (exact) mass is 435 g/mol. The second kappa shape index (κ2) is 8.55. The molecule has 2 heterocycles. The molecule has 8 nitrogen and oxygen atoms in total. The van der Waals surface area contributed by atoms with Gasteiger partial charge in [0.2, 0.25) is 21.8 Å². The summed E-state index contributed by atoms with van der Waals surface area (Å²) in [6.07, 6.45) is 5.93. The highest BCUT2D eigenvalue weighted by atomic mass is 32.2. The third kappa shape index (κ3) is 4.18. The Bertz CT molecular complexity index is 923. The molecule has 1 atom stereocenters. The van der Waals surface area contributed by atoms with E-state index in [-0.39, 0.29) is 22.6 Å². The van der Waals surface area contributed by atoms with Gasteiger partial charge in [0, 0.05) is 25.6 Å². The molecule has 9 heteroatoms. The maximum atomic E-state index is 13.0. The lowest BCUT2D eigenvalue weighted by atomic mass is 10.2. The molecule has 2 saturated heterocycles. The van der Waals surface area contributed by atoms with Crippen LogP contribution in [0, 0.1) is 5.92 Å². The van der Waals surface area contributed by atoms with Gasteiger partial charge in [0.1, 0.15) is 11.8 Å². The zero-order chi connectivity index (χ0) is 21.3. The number of likely N-dealkylation sites (tertiary alicyclic amines) is 1. The van der Waals surface area contributed by atoms with Crippen molar-refractivity contribution < 1.29 is 22.7 Å². The van der Waals surface area contributed by atoms with Crippen LogP contribution in [-0.4, -0.2) is 62.2 Å². The van der Waals surface area contributed by atoms with Gasteiger partial charge in [-0.3, -0.25) is 9.59 Å². The maximum absolute atomic E-state index is 13.0. The SMILES string of the molecule is COc1ccc(S(=O)(=O)N2CCCCC2)cc1NC(=O)C1CCCN1C(=O)C1CC1. The number of nitrogens with one attached hydrogen (secondary N) is 1. The molecule has 3 fully saturated rings. The second-order valence-electron chi connectivity index (χ2n) is 8.28. The number of carbonyl (C=O) groups excluding carboxylic acids is 2. The summed E-state index contributed by atoms with van der Waals surface area (Å²) in [5.41, 5.74) is 0.311.